The van der Waals surface area contributed by atoms with E-state index in [0.29, 0.717) is 15.9 Å². The maximum Gasteiger partial charge on any atom is 0.264 e. The molecule has 1 heterocycles. The van der Waals surface area contributed by atoms with E-state index in [2.05, 4.69) is 10.3 Å². The van der Waals surface area contributed by atoms with Crippen molar-refractivity contribution in [3.8, 4) is 22.8 Å². The van der Waals surface area contributed by atoms with Crippen LogP contribution in [0.4, 0.5) is 5.13 Å². The number of thiazole rings is 1. The highest BCUT2D eigenvalue weighted by atomic mass is 35.5. The van der Waals surface area contributed by atoms with Crippen LogP contribution in [0, 0.1) is 0 Å². The van der Waals surface area contributed by atoms with Crippen LogP contribution in [0.25, 0.3) is 11.3 Å². The minimum Gasteiger partial charge on any atom is -0.497 e. The smallest absolute Gasteiger partial charge is 0.264 e. The standard InChI is InChI=1S/C18H15ClN2O3S/c1-23-14-6-8-15(9-7-14)24-10-17(22)21-18-20-16(11-25-18)12-2-4-13(19)5-3-12/h2-9,11H,10H2,1H3,(H,20,21,22). The van der Waals surface area contributed by atoms with Crippen LogP contribution in [-0.2, 0) is 4.79 Å². The van der Waals surface area contributed by atoms with Gasteiger partial charge in [0.2, 0.25) is 0 Å². The number of methoxy groups -OCH3 is 1. The number of carbonyl (C=O) groups excluding carboxylic acids is 1. The Labute approximate surface area is 154 Å². The van der Waals surface area contributed by atoms with E-state index in [1.807, 2.05) is 17.5 Å². The third-order valence-corrected chi connectivity index (χ3v) is 4.33. The number of rotatable bonds is 6. The fraction of sp³-hybridized carbons (Fsp3) is 0.111. The average Bonchev–Trinajstić information content (AvgIpc) is 3.09. The normalized spacial score (nSPS) is 10.3. The number of aromatic nitrogens is 1. The lowest BCUT2D eigenvalue weighted by molar-refractivity contribution is -0.118. The molecular formula is C18H15ClN2O3S. The van der Waals surface area contributed by atoms with E-state index >= 15 is 0 Å². The van der Waals surface area contributed by atoms with Gasteiger partial charge in [-0.2, -0.15) is 0 Å². The molecule has 0 aliphatic rings. The molecule has 2 aromatic carbocycles. The van der Waals surface area contributed by atoms with E-state index in [1.54, 1.807) is 43.5 Å². The Bertz CT molecular complexity index is 848. The summed E-state index contributed by atoms with van der Waals surface area (Å²) in [5, 5.41) is 5.80. The van der Waals surface area contributed by atoms with Crippen molar-refractivity contribution >= 4 is 34.0 Å². The number of amides is 1. The van der Waals surface area contributed by atoms with Crippen LogP contribution in [0.3, 0.4) is 0 Å². The highest BCUT2D eigenvalue weighted by Gasteiger charge is 2.09. The van der Waals surface area contributed by atoms with Gasteiger partial charge in [0.05, 0.1) is 12.8 Å². The largest absolute Gasteiger partial charge is 0.497 e. The van der Waals surface area contributed by atoms with Gasteiger partial charge in [0.1, 0.15) is 11.5 Å². The maximum absolute atomic E-state index is 12.0. The Morgan fingerprint density at radius 2 is 1.80 bits per heavy atom. The zero-order chi connectivity index (χ0) is 17.6. The molecular weight excluding hydrogens is 360 g/mol. The van der Waals surface area contributed by atoms with Crippen molar-refractivity contribution < 1.29 is 14.3 Å². The molecule has 0 radical (unpaired) electrons. The number of nitrogens with one attached hydrogen (secondary N) is 1. The predicted molar refractivity (Wildman–Crippen MR) is 99.7 cm³/mol. The summed E-state index contributed by atoms with van der Waals surface area (Å²) in [7, 11) is 1.59. The van der Waals surface area contributed by atoms with Crippen molar-refractivity contribution in [3.05, 3.63) is 58.9 Å². The minimum absolute atomic E-state index is 0.0951. The zero-order valence-electron chi connectivity index (χ0n) is 13.4. The molecule has 5 nitrogen and oxygen atoms in total. The lowest BCUT2D eigenvalue weighted by atomic mass is 10.2. The second-order valence-corrected chi connectivity index (χ2v) is 6.35. The third-order valence-electron chi connectivity index (χ3n) is 3.32. The van der Waals surface area contributed by atoms with E-state index in [-0.39, 0.29) is 12.5 Å². The molecule has 3 aromatic rings. The first-order valence-electron chi connectivity index (χ1n) is 7.42. The first-order chi connectivity index (χ1) is 12.1. The van der Waals surface area contributed by atoms with E-state index in [0.717, 1.165) is 17.0 Å². The number of anilines is 1. The summed E-state index contributed by atoms with van der Waals surface area (Å²) in [4.78, 5) is 16.4. The zero-order valence-corrected chi connectivity index (χ0v) is 14.9. The quantitative estimate of drug-likeness (QED) is 0.690. The summed E-state index contributed by atoms with van der Waals surface area (Å²) in [6.45, 7) is -0.0951. The van der Waals surface area contributed by atoms with Gasteiger partial charge in [-0.3, -0.25) is 10.1 Å². The average molecular weight is 375 g/mol. The van der Waals surface area contributed by atoms with Crippen LogP contribution >= 0.6 is 22.9 Å². The summed E-state index contributed by atoms with van der Waals surface area (Å²) in [6, 6.07) is 14.4. The van der Waals surface area contributed by atoms with Crippen molar-refractivity contribution in [2.75, 3.05) is 19.0 Å². The van der Waals surface area contributed by atoms with Gasteiger partial charge in [0, 0.05) is 16.0 Å². The third kappa shape index (κ3) is 4.71. The van der Waals surface area contributed by atoms with Crippen LogP contribution in [-0.4, -0.2) is 24.6 Å². The number of carbonyl (C=O) groups is 1. The van der Waals surface area contributed by atoms with Gasteiger partial charge in [0.15, 0.2) is 11.7 Å². The lowest BCUT2D eigenvalue weighted by Crippen LogP contribution is -2.20. The molecule has 0 bridgehead atoms. The van der Waals surface area contributed by atoms with Crippen LogP contribution in [0.1, 0.15) is 0 Å². The number of benzene rings is 2. The first kappa shape index (κ1) is 17.3. The van der Waals surface area contributed by atoms with E-state index < -0.39 is 0 Å². The van der Waals surface area contributed by atoms with Gasteiger partial charge in [0.25, 0.3) is 5.91 Å². The maximum atomic E-state index is 12.0. The van der Waals surface area contributed by atoms with Gasteiger partial charge < -0.3 is 9.47 Å². The summed E-state index contributed by atoms with van der Waals surface area (Å²) < 4.78 is 10.5. The monoisotopic (exact) mass is 374 g/mol. The van der Waals surface area contributed by atoms with Gasteiger partial charge in [-0.1, -0.05) is 23.7 Å². The number of halogens is 1. The predicted octanol–water partition coefficient (Wildman–Crippen LogP) is 4.49. The summed E-state index contributed by atoms with van der Waals surface area (Å²) in [6.07, 6.45) is 0. The SMILES string of the molecule is COc1ccc(OCC(=O)Nc2nc(-c3ccc(Cl)cc3)cs2)cc1. The highest BCUT2D eigenvalue weighted by molar-refractivity contribution is 7.14. The Morgan fingerprint density at radius 3 is 2.48 bits per heavy atom. The van der Waals surface area contributed by atoms with Crippen LogP contribution in [0.15, 0.2) is 53.9 Å². The topological polar surface area (TPSA) is 60.5 Å². The van der Waals surface area contributed by atoms with E-state index in [1.165, 1.54) is 11.3 Å². The molecule has 0 aliphatic carbocycles. The summed E-state index contributed by atoms with van der Waals surface area (Å²) in [5.74, 6) is 1.05. The Morgan fingerprint density at radius 1 is 1.12 bits per heavy atom. The van der Waals surface area contributed by atoms with Crippen molar-refractivity contribution in [1.29, 1.82) is 0 Å². The molecule has 25 heavy (non-hydrogen) atoms. The summed E-state index contributed by atoms with van der Waals surface area (Å²) in [5.41, 5.74) is 1.73. The second kappa shape index (κ2) is 8.00. The number of nitrogens with zero attached hydrogens (tertiary/aromatic N) is 1. The van der Waals surface area contributed by atoms with Crippen LogP contribution in [0.2, 0.25) is 5.02 Å². The fourth-order valence-electron chi connectivity index (χ4n) is 2.06. The van der Waals surface area contributed by atoms with Gasteiger partial charge in [-0.15, -0.1) is 11.3 Å². The van der Waals surface area contributed by atoms with Crippen LogP contribution in [0.5, 0.6) is 11.5 Å². The molecule has 1 amide bonds. The lowest BCUT2D eigenvalue weighted by Gasteiger charge is -2.06. The van der Waals surface area contributed by atoms with Crippen molar-refractivity contribution in [2.24, 2.45) is 0 Å². The molecule has 0 fully saturated rings. The molecule has 1 N–H and O–H groups in total. The first-order valence-corrected chi connectivity index (χ1v) is 8.68. The second-order valence-electron chi connectivity index (χ2n) is 5.06. The number of hydrogen-bond acceptors (Lipinski definition) is 5. The number of ether oxygens (including phenoxy) is 2. The molecule has 0 saturated carbocycles. The molecule has 128 valence electrons. The Hall–Kier alpha value is -2.57. The fourth-order valence-corrected chi connectivity index (χ4v) is 2.92. The van der Waals surface area contributed by atoms with E-state index in [9.17, 15) is 4.79 Å². The molecule has 0 unspecified atom stereocenters. The molecule has 0 spiro atoms. The van der Waals surface area contributed by atoms with Gasteiger partial charge in [-0.25, -0.2) is 4.98 Å². The number of hydrogen-bond donors (Lipinski definition) is 1. The Balaban J connectivity index is 1.55. The van der Waals surface area contributed by atoms with Crippen molar-refractivity contribution in [2.45, 2.75) is 0 Å². The van der Waals surface area contributed by atoms with Gasteiger partial charge in [-0.05, 0) is 36.4 Å². The minimum atomic E-state index is -0.271. The summed E-state index contributed by atoms with van der Waals surface area (Å²) >= 11 is 7.24. The Kier molecular flexibility index (Phi) is 5.53. The van der Waals surface area contributed by atoms with Crippen LogP contribution < -0.4 is 14.8 Å². The van der Waals surface area contributed by atoms with E-state index in [4.69, 9.17) is 21.1 Å². The molecule has 3 rings (SSSR count). The van der Waals surface area contributed by atoms with Gasteiger partial charge >= 0.3 is 0 Å². The van der Waals surface area contributed by atoms with Crippen molar-refractivity contribution in [1.82, 2.24) is 4.98 Å². The van der Waals surface area contributed by atoms with Crippen molar-refractivity contribution in [3.63, 3.8) is 0 Å². The molecule has 0 atom stereocenters. The highest BCUT2D eigenvalue weighted by Crippen LogP contribution is 2.26. The molecule has 0 aliphatic heterocycles. The molecule has 1 aromatic heterocycles. The molecule has 0 saturated heterocycles. The molecule has 7 heteroatoms.